The number of rotatable bonds is 10. The third kappa shape index (κ3) is 6.52. The Kier molecular flexibility index (Phi) is 9.03. The summed E-state index contributed by atoms with van der Waals surface area (Å²) in [6, 6.07) is 9.29. The van der Waals surface area contributed by atoms with Crippen molar-refractivity contribution in [3.63, 3.8) is 0 Å². The third-order valence-corrected chi connectivity index (χ3v) is 7.70. The number of hydrogen-bond acceptors (Lipinski definition) is 5. The van der Waals surface area contributed by atoms with E-state index in [-0.39, 0.29) is 11.6 Å². The number of unbranched alkanes of at least 4 members (excludes halogenated alkanes) is 2. The molecule has 1 amide bonds. The number of piperidine rings is 1. The van der Waals surface area contributed by atoms with E-state index in [1.54, 1.807) is 10.5 Å². The molecule has 1 N–H and O–H groups in total. The largest absolute Gasteiger partial charge is 0.444 e. The standard InChI is InChI=1S/C29H40ClN5O3/c1-5-7-9-17-34-25(33-16-10-8-11-23(33)19-31-28(37)38-29(3,4)6-2)18-26(36)35-20-24(32-27(34)35)21-12-14-22(30)15-13-21/h12-15,18,20,23H,5-11,16-17,19H2,1-4H3,(H,31,37). The van der Waals surface area contributed by atoms with Crippen LogP contribution in [-0.4, -0.2) is 44.8 Å². The van der Waals surface area contributed by atoms with Gasteiger partial charge in [-0.2, -0.15) is 0 Å². The zero-order valence-corrected chi connectivity index (χ0v) is 23.8. The summed E-state index contributed by atoms with van der Waals surface area (Å²) in [5, 5.41) is 3.63. The van der Waals surface area contributed by atoms with Crippen LogP contribution in [0.5, 0.6) is 0 Å². The second kappa shape index (κ2) is 12.2. The lowest BCUT2D eigenvalue weighted by atomic mass is 10.0. The number of alkyl carbamates (subject to hydrolysis) is 1. The highest BCUT2D eigenvalue weighted by Crippen LogP contribution is 2.28. The summed E-state index contributed by atoms with van der Waals surface area (Å²) in [6.45, 7) is 10.0. The molecule has 1 aromatic carbocycles. The van der Waals surface area contributed by atoms with Crippen molar-refractivity contribution >= 4 is 29.3 Å². The van der Waals surface area contributed by atoms with Gasteiger partial charge in [0.1, 0.15) is 11.4 Å². The van der Waals surface area contributed by atoms with Crippen LogP contribution in [0.1, 0.15) is 72.6 Å². The molecule has 1 atom stereocenters. The number of aryl methyl sites for hydroxylation is 1. The Morgan fingerprint density at radius 3 is 2.66 bits per heavy atom. The minimum atomic E-state index is -0.510. The van der Waals surface area contributed by atoms with Crippen molar-refractivity contribution in [3.05, 3.63) is 51.9 Å². The summed E-state index contributed by atoms with van der Waals surface area (Å²) >= 11 is 6.08. The number of nitrogens with one attached hydrogen (secondary N) is 1. The topological polar surface area (TPSA) is 80.9 Å². The molecule has 0 bridgehead atoms. The van der Waals surface area contributed by atoms with Gasteiger partial charge < -0.3 is 15.0 Å². The number of ether oxygens (including phenoxy) is 1. The molecule has 1 saturated heterocycles. The number of amides is 1. The van der Waals surface area contributed by atoms with Crippen molar-refractivity contribution in [1.82, 2.24) is 19.3 Å². The molecule has 0 saturated carbocycles. The highest BCUT2D eigenvalue weighted by atomic mass is 35.5. The van der Waals surface area contributed by atoms with Crippen LogP contribution in [0, 0.1) is 0 Å². The lowest BCUT2D eigenvalue weighted by Crippen LogP contribution is -2.49. The lowest BCUT2D eigenvalue weighted by molar-refractivity contribution is 0.0359. The monoisotopic (exact) mass is 541 g/mol. The molecule has 206 valence electrons. The number of benzene rings is 1. The molecule has 4 rings (SSSR count). The first-order chi connectivity index (χ1) is 18.2. The van der Waals surface area contributed by atoms with Crippen LogP contribution in [-0.2, 0) is 11.3 Å². The van der Waals surface area contributed by atoms with E-state index in [0.29, 0.717) is 17.3 Å². The van der Waals surface area contributed by atoms with E-state index in [0.717, 1.165) is 75.1 Å². The van der Waals surface area contributed by atoms with Crippen molar-refractivity contribution in [1.29, 1.82) is 0 Å². The number of anilines is 1. The number of aromatic nitrogens is 3. The van der Waals surface area contributed by atoms with Gasteiger partial charge in [0.15, 0.2) is 0 Å². The molecular weight excluding hydrogens is 502 g/mol. The molecule has 9 heteroatoms. The van der Waals surface area contributed by atoms with Gasteiger partial charge in [-0.25, -0.2) is 9.78 Å². The first-order valence-corrected chi connectivity index (χ1v) is 14.2. The summed E-state index contributed by atoms with van der Waals surface area (Å²) in [5.41, 5.74) is 1.02. The SMILES string of the molecule is CCCCCn1c(N2CCCCC2CNC(=O)OC(C)(C)CC)cc(=O)n2cc(-c3ccc(Cl)cc3)nc12. The van der Waals surface area contributed by atoms with Gasteiger partial charge in [0.2, 0.25) is 5.78 Å². The van der Waals surface area contributed by atoms with Gasteiger partial charge >= 0.3 is 6.09 Å². The van der Waals surface area contributed by atoms with E-state index in [4.69, 9.17) is 21.3 Å². The molecule has 0 radical (unpaired) electrons. The summed E-state index contributed by atoms with van der Waals surface area (Å²) < 4.78 is 9.41. The number of nitrogens with zero attached hydrogens (tertiary/aromatic N) is 4. The zero-order valence-electron chi connectivity index (χ0n) is 23.0. The first-order valence-electron chi connectivity index (χ1n) is 13.8. The minimum Gasteiger partial charge on any atom is -0.444 e. The molecule has 3 aromatic rings. The van der Waals surface area contributed by atoms with E-state index >= 15 is 0 Å². The maximum atomic E-state index is 13.4. The van der Waals surface area contributed by atoms with Gasteiger partial charge in [-0.1, -0.05) is 50.4 Å². The fraction of sp³-hybridized carbons (Fsp3) is 0.552. The number of carbonyl (C=O) groups excluding carboxylic acids is 1. The van der Waals surface area contributed by atoms with Gasteiger partial charge in [0.25, 0.3) is 5.56 Å². The van der Waals surface area contributed by atoms with Gasteiger partial charge in [0, 0.05) is 48.5 Å². The first kappa shape index (κ1) is 28.0. The van der Waals surface area contributed by atoms with Crippen LogP contribution >= 0.6 is 11.6 Å². The van der Waals surface area contributed by atoms with Crippen LogP contribution in [0.2, 0.25) is 5.02 Å². The summed E-state index contributed by atoms with van der Waals surface area (Å²) in [7, 11) is 0. The highest BCUT2D eigenvalue weighted by molar-refractivity contribution is 6.30. The minimum absolute atomic E-state index is 0.0611. The molecule has 1 aliphatic heterocycles. The average molecular weight is 542 g/mol. The molecule has 0 spiro atoms. The summed E-state index contributed by atoms with van der Waals surface area (Å²) in [4.78, 5) is 33.1. The van der Waals surface area contributed by atoms with E-state index in [9.17, 15) is 9.59 Å². The predicted molar refractivity (Wildman–Crippen MR) is 153 cm³/mol. The van der Waals surface area contributed by atoms with Crippen LogP contribution in [0.25, 0.3) is 17.0 Å². The quantitative estimate of drug-likeness (QED) is 0.305. The Balaban J connectivity index is 1.68. The Morgan fingerprint density at radius 2 is 1.95 bits per heavy atom. The number of halogens is 1. The van der Waals surface area contributed by atoms with Crippen molar-refractivity contribution in [3.8, 4) is 11.3 Å². The average Bonchev–Trinajstić information content (AvgIpc) is 3.35. The second-order valence-electron chi connectivity index (χ2n) is 10.7. The van der Waals surface area contributed by atoms with Crippen LogP contribution < -0.4 is 15.8 Å². The fourth-order valence-corrected chi connectivity index (χ4v) is 5.02. The smallest absolute Gasteiger partial charge is 0.407 e. The van der Waals surface area contributed by atoms with Gasteiger partial charge in [-0.05, 0) is 58.1 Å². The van der Waals surface area contributed by atoms with Gasteiger partial charge in [-0.15, -0.1) is 0 Å². The molecule has 1 unspecified atom stereocenters. The van der Waals surface area contributed by atoms with E-state index in [2.05, 4.69) is 21.7 Å². The molecular formula is C29H40ClN5O3. The van der Waals surface area contributed by atoms with Crippen molar-refractivity contribution < 1.29 is 9.53 Å². The van der Waals surface area contributed by atoms with Gasteiger partial charge in [-0.3, -0.25) is 13.8 Å². The number of fused-ring (bicyclic) bond motifs is 1. The second-order valence-corrected chi connectivity index (χ2v) is 11.2. The molecule has 2 aromatic heterocycles. The third-order valence-electron chi connectivity index (χ3n) is 7.44. The normalized spacial score (nSPS) is 16.1. The van der Waals surface area contributed by atoms with E-state index in [1.807, 2.05) is 51.2 Å². The fourth-order valence-electron chi connectivity index (χ4n) is 4.89. The predicted octanol–water partition coefficient (Wildman–Crippen LogP) is 6.28. The van der Waals surface area contributed by atoms with Crippen molar-refractivity contribution in [2.45, 2.75) is 90.8 Å². The lowest BCUT2D eigenvalue weighted by Gasteiger charge is -2.39. The number of carbonyl (C=O) groups is 1. The van der Waals surface area contributed by atoms with Crippen molar-refractivity contribution in [2.75, 3.05) is 18.0 Å². The number of imidazole rings is 1. The molecule has 1 fully saturated rings. The Bertz CT molecular complexity index is 1300. The van der Waals surface area contributed by atoms with Gasteiger partial charge in [0.05, 0.1) is 5.69 Å². The molecule has 8 nitrogen and oxygen atoms in total. The van der Waals surface area contributed by atoms with E-state index in [1.165, 1.54) is 0 Å². The van der Waals surface area contributed by atoms with Crippen molar-refractivity contribution in [2.24, 2.45) is 0 Å². The molecule has 1 aliphatic rings. The summed E-state index contributed by atoms with van der Waals surface area (Å²) in [6.07, 6.45) is 8.35. The van der Waals surface area contributed by atoms with Crippen LogP contribution in [0.3, 0.4) is 0 Å². The van der Waals surface area contributed by atoms with Crippen LogP contribution in [0.15, 0.2) is 41.3 Å². The zero-order chi connectivity index (χ0) is 27.3. The Hall–Kier alpha value is -3.00. The molecule has 3 heterocycles. The summed E-state index contributed by atoms with van der Waals surface area (Å²) in [5.74, 6) is 1.50. The van der Waals surface area contributed by atoms with Crippen LogP contribution in [0.4, 0.5) is 10.6 Å². The Labute approximate surface area is 230 Å². The maximum Gasteiger partial charge on any atom is 0.407 e. The maximum absolute atomic E-state index is 13.4. The highest BCUT2D eigenvalue weighted by Gasteiger charge is 2.28. The van der Waals surface area contributed by atoms with E-state index < -0.39 is 11.7 Å². The Morgan fingerprint density at radius 1 is 1.18 bits per heavy atom. The molecule has 0 aliphatic carbocycles. The molecule has 38 heavy (non-hydrogen) atoms. The number of hydrogen-bond donors (Lipinski definition) is 1.